The first-order chi connectivity index (χ1) is 10.8. The van der Waals surface area contributed by atoms with Crippen LogP contribution in [0.15, 0.2) is 51.8 Å². The van der Waals surface area contributed by atoms with Crippen LogP contribution < -0.4 is 4.90 Å². The number of furan rings is 1. The first-order valence-corrected chi connectivity index (χ1v) is 6.91. The molecule has 110 valence electrons. The number of aryl methyl sites for hydroxylation is 1. The van der Waals surface area contributed by atoms with Crippen molar-refractivity contribution in [1.29, 1.82) is 5.26 Å². The molecule has 6 heteroatoms. The second-order valence-corrected chi connectivity index (χ2v) is 4.73. The van der Waals surface area contributed by atoms with Crippen molar-refractivity contribution in [2.75, 3.05) is 4.90 Å². The summed E-state index contributed by atoms with van der Waals surface area (Å²) in [4.78, 5) is 5.80. The van der Waals surface area contributed by atoms with Gasteiger partial charge in [-0.25, -0.2) is 0 Å². The quantitative estimate of drug-likeness (QED) is 0.530. The van der Waals surface area contributed by atoms with E-state index in [1.807, 2.05) is 24.3 Å². The van der Waals surface area contributed by atoms with Crippen LogP contribution in [-0.2, 0) is 13.0 Å². The Bertz CT molecular complexity index is 787. The Labute approximate surface area is 127 Å². The molecule has 2 heterocycles. The number of hydrogen-bond donors (Lipinski definition) is 0. The summed E-state index contributed by atoms with van der Waals surface area (Å²) in [6.45, 7) is 2.31. The van der Waals surface area contributed by atoms with E-state index in [1.165, 1.54) is 10.5 Å². The summed E-state index contributed by atoms with van der Waals surface area (Å²) in [5.41, 5.74) is 2.72. The second kappa shape index (κ2) is 6.14. The number of benzene rings is 1. The van der Waals surface area contributed by atoms with Crippen LogP contribution in [0.1, 0.15) is 18.4 Å². The van der Waals surface area contributed by atoms with Gasteiger partial charge in [0, 0.05) is 0 Å². The summed E-state index contributed by atoms with van der Waals surface area (Å²) in [6, 6.07) is 9.58. The van der Waals surface area contributed by atoms with Gasteiger partial charge in [0.1, 0.15) is 12.8 Å². The van der Waals surface area contributed by atoms with Crippen molar-refractivity contribution >= 4 is 5.69 Å². The van der Waals surface area contributed by atoms with Crippen molar-refractivity contribution in [3.8, 4) is 17.6 Å². The van der Waals surface area contributed by atoms with Gasteiger partial charge in [-0.05, 0) is 30.2 Å². The molecule has 6 nitrogen and oxygen atoms in total. The summed E-state index contributed by atoms with van der Waals surface area (Å²) in [6.07, 6.45) is 6.15. The number of rotatable bonds is 5. The van der Waals surface area contributed by atoms with E-state index in [-0.39, 0.29) is 6.54 Å². The van der Waals surface area contributed by atoms with Crippen LogP contribution in [0.4, 0.5) is 5.69 Å². The first-order valence-electron chi connectivity index (χ1n) is 6.91. The average molecular weight is 294 g/mol. The molecule has 0 N–H and O–H groups in total. The van der Waals surface area contributed by atoms with E-state index >= 15 is 0 Å². The minimum absolute atomic E-state index is 0.231. The predicted octanol–water partition coefficient (Wildman–Crippen LogP) is 3.38. The van der Waals surface area contributed by atoms with Crippen LogP contribution in [-0.4, -0.2) is 10.1 Å². The van der Waals surface area contributed by atoms with Gasteiger partial charge < -0.3 is 8.94 Å². The molecule has 0 bridgehead atoms. The van der Waals surface area contributed by atoms with Gasteiger partial charge in [-0.2, -0.15) is 10.2 Å². The molecule has 0 aliphatic rings. The summed E-state index contributed by atoms with van der Waals surface area (Å²) in [5, 5.41) is 13.3. The van der Waals surface area contributed by atoms with Crippen LogP contribution in [0, 0.1) is 11.5 Å². The maximum atomic E-state index is 9.37. The van der Waals surface area contributed by atoms with Crippen LogP contribution in [0.25, 0.3) is 11.4 Å². The van der Waals surface area contributed by atoms with Gasteiger partial charge in [-0.1, -0.05) is 24.2 Å². The summed E-state index contributed by atoms with van der Waals surface area (Å²) < 4.78 is 10.2. The highest BCUT2D eigenvalue weighted by Gasteiger charge is 2.14. The highest BCUT2D eigenvalue weighted by molar-refractivity contribution is 5.53. The van der Waals surface area contributed by atoms with Crippen molar-refractivity contribution < 1.29 is 8.94 Å². The minimum atomic E-state index is 0.231. The lowest BCUT2D eigenvalue weighted by Crippen LogP contribution is -2.16. The largest absolute Gasteiger partial charge is 0.472 e. The molecule has 0 saturated carbocycles. The Morgan fingerprint density at radius 1 is 1.32 bits per heavy atom. The summed E-state index contributed by atoms with van der Waals surface area (Å²) in [5.74, 6) is 0.823. The number of aromatic nitrogens is 2. The molecule has 0 saturated heterocycles. The fraction of sp³-hybridized carbons (Fsp3) is 0.188. The van der Waals surface area contributed by atoms with E-state index in [4.69, 9.17) is 8.94 Å². The highest BCUT2D eigenvalue weighted by Crippen LogP contribution is 2.20. The lowest BCUT2D eigenvalue weighted by molar-refractivity contribution is 0.380. The van der Waals surface area contributed by atoms with Crippen molar-refractivity contribution in [2.24, 2.45) is 0 Å². The molecule has 0 amide bonds. The van der Waals surface area contributed by atoms with Crippen molar-refractivity contribution in [1.82, 2.24) is 10.1 Å². The topological polar surface area (TPSA) is 79.1 Å². The normalized spacial score (nSPS) is 10.4. The Hall–Kier alpha value is -3.07. The van der Waals surface area contributed by atoms with E-state index in [0.717, 1.165) is 17.7 Å². The van der Waals surface area contributed by atoms with Crippen molar-refractivity contribution in [3.63, 3.8) is 0 Å². The van der Waals surface area contributed by atoms with Crippen LogP contribution >= 0.6 is 0 Å². The molecule has 0 unspecified atom stereocenters. The maximum absolute atomic E-state index is 9.37. The zero-order valence-electron chi connectivity index (χ0n) is 12.1. The van der Waals surface area contributed by atoms with Gasteiger partial charge in [0.2, 0.25) is 11.7 Å². The monoisotopic (exact) mass is 294 g/mol. The van der Waals surface area contributed by atoms with Crippen LogP contribution in [0.2, 0.25) is 0 Å². The zero-order chi connectivity index (χ0) is 15.4. The van der Waals surface area contributed by atoms with E-state index in [0.29, 0.717) is 11.7 Å². The molecule has 3 rings (SSSR count). The Morgan fingerprint density at radius 3 is 2.95 bits per heavy atom. The van der Waals surface area contributed by atoms with Gasteiger partial charge in [-0.3, -0.25) is 4.90 Å². The fourth-order valence-electron chi connectivity index (χ4n) is 2.09. The van der Waals surface area contributed by atoms with Crippen LogP contribution in [0.5, 0.6) is 0 Å². The van der Waals surface area contributed by atoms with E-state index in [9.17, 15) is 5.26 Å². The molecule has 2 aromatic heterocycles. The molecule has 0 aliphatic carbocycles. The van der Waals surface area contributed by atoms with Gasteiger partial charge in [0.25, 0.3) is 0 Å². The number of nitrogens with zero attached hydrogens (tertiary/aromatic N) is 4. The van der Waals surface area contributed by atoms with Crippen LogP contribution in [0.3, 0.4) is 0 Å². The number of anilines is 1. The molecule has 0 radical (unpaired) electrons. The molecule has 0 spiro atoms. The predicted molar refractivity (Wildman–Crippen MR) is 79.6 cm³/mol. The number of hydrogen-bond acceptors (Lipinski definition) is 6. The lowest BCUT2D eigenvalue weighted by Gasteiger charge is -2.13. The number of nitriles is 1. The van der Waals surface area contributed by atoms with Gasteiger partial charge in [0.15, 0.2) is 6.19 Å². The van der Waals surface area contributed by atoms with Gasteiger partial charge in [-0.15, -0.1) is 0 Å². The SMILES string of the molecule is CCc1cccc(N(C#N)Cc2nc(-c3ccoc3)no2)c1. The lowest BCUT2D eigenvalue weighted by atomic mass is 10.1. The Morgan fingerprint density at radius 2 is 2.23 bits per heavy atom. The fourth-order valence-corrected chi connectivity index (χ4v) is 2.09. The smallest absolute Gasteiger partial charge is 0.247 e. The third-order valence-electron chi connectivity index (χ3n) is 3.29. The molecule has 3 aromatic rings. The standard InChI is InChI=1S/C16H14N4O2/c1-2-12-4-3-5-14(8-12)20(11-17)9-15-18-16(19-22-15)13-6-7-21-10-13/h3-8,10H,2,9H2,1H3. The highest BCUT2D eigenvalue weighted by atomic mass is 16.5. The molecule has 0 fully saturated rings. The maximum Gasteiger partial charge on any atom is 0.247 e. The van der Waals surface area contributed by atoms with Gasteiger partial charge >= 0.3 is 0 Å². The van der Waals surface area contributed by atoms with E-state index in [2.05, 4.69) is 23.3 Å². The zero-order valence-corrected chi connectivity index (χ0v) is 12.1. The summed E-state index contributed by atoms with van der Waals surface area (Å²) >= 11 is 0. The molecular weight excluding hydrogens is 280 g/mol. The van der Waals surface area contributed by atoms with Crippen molar-refractivity contribution in [2.45, 2.75) is 19.9 Å². The second-order valence-electron chi connectivity index (χ2n) is 4.73. The minimum Gasteiger partial charge on any atom is -0.472 e. The molecule has 0 atom stereocenters. The molecular formula is C16H14N4O2. The Kier molecular flexibility index (Phi) is 3.88. The average Bonchev–Trinajstić information content (AvgIpc) is 3.23. The van der Waals surface area contributed by atoms with Gasteiger partial charge in [0.05, 0.1) is 17.5 Å². The molecule has 0 aliphatic heterocycles. The first kappa shape index (κ1) is 13.9. The molecule has 1 aromatic carbocycles. The van der Waals surface area contributed by atoms with E-state index in [1.54, 1.807) is 18.6 Å². The molecule has 22 heavy (non-hydrogen) atoms. The van der Waals surface area contributed by atoms with Crippen molar-refractivity contribution in [3.05, 3.63) is 54.3 Å². The third kappa shape index (κ3) is 2.83. The third-order valence-corrected chi connectivity index (χ3v) is 3.29. The van der Waals surface area contributed by atoms with E-state index < -0.39 is 0 Å². The Balaban J connectivity index is 1.80. The summed E-state index contributed by atoms with van der Waals surface area (Å²) in [7, 11) is 0.